The van der Waals surface area contributed by atoms with Crippen molar-refractivity contribution in [1.82, 2.24) is 16.0 Å². The van der Waals surface area contributed by atoms with E-state index in [1.807, 2.05) is 24.3 Å². The lowest BCUT2D eigenvalue weighted by Crippen LogP contribution is -2.41. The molecule has 1 amide bonds. The van der Waals surface area contributed by atoms with Gasteiger partial charge in [0.25, 0.3) is 5.91 Å². The molecule has 0 saturated heterocycles. The highest BCUT2D eigenvalue weighted by atomic mass is 127. The van der Waals surface area contributed by atoms with Gasteiger partial charge in [0.2, 0.25) is 0 Å². The molecule has 1 aromatic rings. The number of aliphatic imine (C=N–C) groups is 1. The van der Waals surface area contributed by atoms with Crippen LogP contribution in [0.15, 0.2) is 29.3 Å². The molecule has 0 aromatic heterocycles. The van der Waals surface area contributed by atoms with E-state index in [1.165, 1.54) is 12.8 Å². The molecule has 0 aliphatic rings. The van der Waals surface area contributed by atoms with Crippen molar-refractivity contribution in [1.29, 1.82) is 0 Å². The first-order valence-electron chi connectivity index (χ1n) is 8.74. The summed E-state index contributed by atoms with van der Waals surface area (Å²) in [6, 6.07) is 7.97. The van der Waals surface area contributed by atoms with E-state index in [2.05, 4.69) is 41.7 Å². The fraction of sp³-hybridized carbons (Fsp3) is 0.579. The van der Waals surface area contributed by atoms with E-state index in [1.54, 1.807) is 14.1 Å². The molecule has 0 bridgehead atoms. The van der Waals surface area contributed by atoms with E-state index in [4.69, 9.17) is 0 Å². The highest BCUT2D eigenvalue weighted by molar-refractivity contribution is 14.0. The van der Waals surface area contributed by atoms with Gasteiger partial charge >= 0.3 is 0 Å². The molecule has 5 nitrogen and oxygen atoms in total. The van der Waals surface area contributed by atoms with Gasteiger partial charge in [-0.05, 0) is 37.0 Å². The Hall–Kier alpha value is -1.31. The highest BCUT2D eigenvalue weighted by Gasteiger charge is 2.06. The first-order chi connectivity index (χ1) is 11.5. The molecule has 0 radical (unpaired) electrons. The topological polar surface area (TPSA) is 65.5 Å². The van der Waals surface area contributed by atoms with E-state index in [-0.39, 0.29) is 29.9 Å². The number of nitrogens with one attached hydrogen (secondary N) is 3. The average Bonchev–Trinajstić information content (AvgIpc) is 2.58. The van der Waals surface area contributed by atoms with Gasteiger partial charge in [0.15, 0.2) is 5.96 Å². The third-order valence-electron chi connectivity index (χ3n) is 3.93. The zero-order chi connectivity index (χ0) is 17.9. The number of benzene rings is 1. The van der Waals surface area contributed by atoms with Crippen molar-refractivity contribution in [2.45, 2.75) is 52.6 Å². The Bertz CT molecular complexity index is 529. The van der Waals surface area contributed by atoms with Gasteiger partial charge in [0, 0.05) is 32.2 Å². The van der Waals surface area contributed by atoms with Crippen LogP contribution < -0.4 is 16.0 Å². The molecule has 1 unspecified atom stereocenters. The summed E-state index contributed by atoms with van der Waals surface area (Å²) in [6.07, 6.45) is 3.62. The summed E-state index contributed by atoms with van der Waals surface area (Å²) < 4.78 is 0. The first kappa shape index (κ1) is 23.7. The summed E-state index contributed by atoms with van der Waals surface area (Å²) in [7, 11) is 3.42. The van der Waals surface area contributed by atoms with Crippen LogP contribution in [0.4, 0.5) is 0 Å². The van der Waals surface area contributed by atoms with E-state index in [9.17, 15) is 4.79 Å². The van der Waals surface area contributed by atoms with Crippen molar-refractivity contribution in [3.05, 3.63) is 35.4 Å². The molecule has 1 aromatic carbocycles. The molecule has 25 heavy (non-hydrogen) atoms. The van der Waals surface area contributed by atoms with Crippen LogP contribution in [0.2, 0.25) is 0 Å². The maximum atomic E-state index is 11.5. The van der Waals surface area contributed by atoms with E-state index in [0.29, 0.717) is 18.2 Å². The Balaban J connectivity index is 0.00000576. The molecule has 1 rings (SSSR count). The van der Waals surface area contributed by atoms with Crippen molar-refractivity contribution in [3.8, 4) is 0 Å². The van der Waals surface area contributed by atoms with Gasteiger partial charge in [-0.15, -0.1) is 24.0 Å². The lowest BCUT2D eigenvalue weighted by atomic mass is 10.0. The van der Waals surface area contributed by atoms with Crippen LogP contribution in [-0.2, 0) is 6.54 Å². The van der Waals surface area contributed by atoms with Crippen LogP contribution >= 0.6 is 24.0 Å². The Morgan fingerprint density at radius 1 is 1.12 bits per heavy atom. The quantitative estimate of drug-likeness (QED) is 0.316. The Morgan fingerprint density at radius 3 is 2.28 bits per heavy atom. The molecular weight excluding hydrogens is 427 g/mol. The highest BCUT2D eigenvalue weighted by Crippen LogP contribution is 2.08. The molecular formula is C19H33IN4O. The van der Waals surface area contributed by atoms with Crippen LogP contribution in [0.5, 0.6) is 0 Å². The fourth-order valence-electron chi connectivity index (χ4n) is 2.44. The van der Waals surface area contributed by atoms with Crippen LogP contribution in [0, 0.1) is 5.92 Å². The summed E-state index contributed by atoms with van der Waals surface area (Å²) in [4.78, 5) is 15.8. The SMILES string of the molecule is CN=C(NCc1ccc(C(=O)NC)cc1)NC(C)CCCC(C)C.I. The number of amides is 1. The molecule has 142 valence electrons. The first-order valence-corrected chi connectivity index (χ1v) is 8.74. The monoisotopic (exact) mass is 460 g/mol. The number of guanidine groups is 1. The maximum absolute atomic E-state index is 11.5. The molecule has 3 N–H and O–H groups in total. The molecule has 0 aliphatic heterocycles. The predicted molar refractivity (Wildman–Crippen MR) is 117 cm³/mol. The lowest BCUT2D eigenvalue weighted by Gasteiger charge is -2.18. The maximum Gasteiger partial charge on any atom is 0.251 e. The van der Waals surface area contributed by atoms with Gasteiger partial charge in [-0.2, -0.15) is 0 Å². The van der Waals surface area contributed by atoms with Gasteiger partial charge < -0.3 is 16.0 Å². The second-order valence-corrected chi connectivity index (χ2v) is 6.57. The van der Waals surface area contributed by atoms with Gasteiger partial charge in [-0.1, -0.05) is 38.8 Å². The Kier molecular flexibility index (Phi) is 12.3. The number of hydrogen-bond acceptors (Lipinski definition) is 2. The summed E-state index contributed by atoms with van der Waals surface area (Å²) >= 11 is 0. The second kappa shape index (κ2) is 13.0. The Labute approximate surface area is 169 Å². The van der Waals surface area contributed by atoms with Gasteiger partial charge in [-0.3, -0.25) is 9.79 Å². The number of rotatable bonds is 8. The minimum absolute atomic E-state index is 0. The Morgan fingerprint density at radius 2 is 1.76 bits per heavy atom. The summed E-state index contributed by atoms with van der Waals surface area (Å²) in [5.41, 5.74) is 1.78. The average molecular weight is 460 g/mol. The molecule has 6 heteroatoms. The molecule has 0 heterocycles. The number of halogens is 1. The number of carbonyl (C=O) groups excluding carboxylic acids is 1. The van der Waals surface area contributed by atoms with Crippen molar-refractivity contribution < 1.29 is 4.79 Å². The number of hydrogen-bond donors (Lipinski definition) is 3. The summed E-state index contributed by atoms with van der Waals surface area (Å²) in [6.45, 7) is 7.37. The summed E-state index contributed by atoms with van der Waals surface area (Å²) in [5, 5.41) is 9.36. The van der Waals surface area contributed by atoms with Gasteiger partial charge in [0.05, 0.1) is 0 Å². The lowest BCUT2D eigenvalue weighted by molar-refractivity contribution is 0.0963. The molecule has 1 atom stereocenters. The summed E-state index contributed by atoms with van der Waals surface area (Å²) in [5.74, 6) is 1.50. The second-order valence-electron chi connectivity index (χ2n) is 6.57. The third kappa shape index (κ3) is 9.67. The van der Waals surface area contributed by atoms with Crippen LogP contribution in [0.1, 0.15) is 56.0 Å². The smallest absolute Gasteiger partial charge is 0.251 e. The fourth-order valence-corrected chi connectivity index (χ4v) is 2.44. The normalized spacial score (nSPS) is 12.3. The zero-order valence-electron chi connectivity index (χ0n) is 16.1. The van der Waals surface area contributed by atoms with Gasteiger partial charge in [0.1, 0.15) is 0 Å². The van der Waals surface area contributed by atoms with Crippen molar-refractivity contribution in [2.24, 2.45) is 10.9 Å². The van der Waals surface area contributed by atoms with Crippen LogP contribution in [-0.4, -0.2) is 32.0 Å². The van der Waals surface area contributed by atoms with E-state index < -0.39 is 0 Å². The minimum atomic E-state index is -0.0674. The number of nitrogens with zero attached hydrogens (tertiary/aromatic N) is 1. The van der Waals surface area contributed by atoms with Crippen molar-refractivity contribution in [2.75, 3.05) is 14.1 Å². The zero-order valence-corrected chi connectivity index (χ0v) is 18.4. The van der Waals surface area contributed by atoms with Crippen LogP contribution in [0.25, 0.3) is 0 Å². The van der Waals surface area contributed by atoms with Gasteiger partial charge in [-0.25, -0.2) is 0 Å². The van der Waals surface area contributed by atoms with Crippen molar-refractivity contribution >= 4 is 35.8 Å². The number of carbonyl (C=O) groups is 1. The molecule has 0 fully saturated rings. The minimum Gasteiger partial charge on any atom is -0.355 e. The van der Waals surface area contributed by atoms with Crippen LogP contribution in [0.3, 0.4) is 0 Å². The van der Waals surface area contributed by atoms with Crippen molar-refractivity contribution in [3.63, 3.8) is 0 Å². The largest absolute Gasteiger partial charge is 0.355 e. The third-order valence-corrected chi connectivity index (χ3v) is 3.93. The molecule has 0 spiro atoms. The molecule has 0 aliphatic carbocycles. The predicted octanol–water partition coefficient (Wildman–Crippen LogP) is 3.54. The van der Waals surface area contributed by atoms with E-state index >= 15 is 0 Å². The van der Waals surface area contributed by atoms with E-state index in [0.717, 1.165) is 23.9 Å². The molecule has 0 saturated carbocycles. The standard InChI is InChI=1S/C19H32N4O.HI/c1-14(2)7-6-8-15(3)23-19(21-5)22-13-16-9-11-17(12-10-16)18(24)20-4;/h9-12,14-15H,6-8,13H2,1-5H3,(H,20,24)(H2,21,22,23);1H.